The number of hydrogen-bond acceptors (Lipinski definition) is 4. The molecule has 3 rings (SSSR count). The minimum Gasteiger partial charge on any atom is -0.493 e. The van der Waals surface area contributed by atoms with Crippen molar-refractivity contribution in [3.63, 3.8) is 0 Å². The van der Waals surface area contributed by atoms with Gasteiger partial charge in [0.2, 0.25) is 0 Å². The van der Waals surface area contributed by atoms with Gasteiger partial charge in [0.05, 0.1) is 24.6 Å². The smallest absolute Gasteiger partial charge is 0.274 e. The fraction of sp³-hybridized carbons (Fsp3) is 0.300. The van der Waals surface area contributed by atoms with Gasteiger partial charge in [0.25, 0.3) is 5.91 Å². The van der Waals surface area contributed by atoms with Crippen molar-refractivity contribution in [1.29, 1.82) is 0 Å². The molecule has 1 amide bonds. The fourth-order valence-corrected chi connectivity index (χ4v) is 2.84. The molecule has 3 aromatic rings. The maximum atomic E-state index is 13.0. The number of aromatic nitrogens is 2. The van der Waals surface area contributed by atoms with Crippen LogP contribution in [0.4, 0.5) is 5.69 Å². The number of para-hydroxylation sites is 2. The molecule has 0 aliphatic carbocycles. The van der Waals surface area contributed by atoms with Crippen LogP contribution in [-0.2, 0) is 6.42 Å². The predicted molar refractivity (Wildman–Crippen MR) is 101 cm³/mol. The number of anilines is 1. The monoisotopic (exact) mass is 353 g/mol. The summed E-state index contributed by atoms with van der Waals surface area (Å²) in [4.78, 5) is 17.6. The maximum Gasteiger partial charge on any atom is 0.274 e. The number of ether oxygens (including phenoxy) is 2. The molecule has 6 heteroatoms. The Kier molecular flexibility index (Phi) is 5.11. The molecule has 0 radical (unpaired) electrons. The number of carbonyl (C=O) groups is 1. The van der Waals surface area contributed by atoms with Gasteiger partial charge in [0, 0.05) is 6.20 Å². The molecule has 2 heterocycles. The highest BCUT2D eigenvalue weighted by Gasteiger charge is 2.21. The van der Waals surface area contributed by atoms with Crippen molar-refractivity contribution in [1.82, 2.24) is 9.38 Å². The lowest BCUT2D eigenvalue weighted by Gasteiger charge is -2.15. The SMILES string of the molecule is CCc1nc2c(OC)cccn2c1C(=O)Nc1ccccc1OC(C)C. The van der Waals surface area contributed by atoms with Crippen LogP contribution in [0.25, 0.3) is 5.65 Å². The number of benzene rings is 1. The molecule has 0 saturated carbocycles. The molecule has 0 aliphatic heterocycles. The number of aryl methyl sites for hydroxylation is 1. The lowest BCUT2D eigenvalue weighted by Crippen LogP contribution is -2.17. The van der Waals surface area contributed by atoms with E-state index in [-0.39, 0.29) is 12.0 Å². The standard InChI is InChI=1S/C20H23N3O3/c1-5-14-18(23-12-8-11-17(25-4)19(23)21-14)20(24)22-15-9-6-7-10-16(15)26-13(2)3/h6-13H,5H2,1-4H3,(H,22,24). The van der Waals surface area contributed by atoms with Crippen LogP contribution in [0.3, 0.4) is 0 Å². The average molecular weight is 353 g/mol. The van der Waals surface area contributed by atoms with Gasteiger partial charge in [0.15, 0.2) is 11.4 Å². The molecular formula is C20H23N3O3. The summed E-state index contributed by atoms with van der Waals surface area (Å²) in [7, 11) is 1.59. The summed E-state index contributed by atoms with van der Waals surface area (Å²) in [6.07, 6.45) is 2.46. The number of hydrogen-bond donors (Lipinski definition) is 1. The Morgan fingerprint density at radius 3 is 2.62 bits per heavy atom. The van der Waals surface area contributed by atoms with Crippen molar-refractivity contribution < 1.29 is 14.3 Å². The highest BCUT2D eigenvalue weighted by Crippen LogP contribution is 2.27. The van der Waals surface area contributed by atoms with Crippen molar-refractivity contribution in [2.24, 2.45) is 0 Å². The number of carbonyl (C=O) groups excluding carboxylic acids is 1. The van der Waals surface area contributed by atoms with Gasteiger partial charge >= 0.3 is 0 Å². The molecule has 0 bridgehead atoms. The highest BCUT2D eigenvalue weighted by atomic mass is 16.5. The van der Waals surface area contributed by atoms with Crippen LogP contribution < -0.4 is 14.8 Å². The van der Waals surface area contributed by atoms with Crippen LogP contribution in [-0.4, -0.2) is 28.5 Å². The molecule has 1 aromatic carbocycles. The maximum absolute atomic E-state index is 13.0. The largest absolute Gasteiger partial charge is 0.493 e. The number of imidazole rings is 1. The predicted octanol–water partition coefficient (Wildman–Crippen LogP) is 3.94. The summed E-state index contributed by atoms with van der Waals surface area (Å²) < 4.78 is 12.9. The van der Waals surface area contributed by atoms with Gasteiger partial charge in [-0.05, 0) is 44.5 Å². The molecule has 6 nitrogen and oxygen atoms in total. The second-order valence-electron chi connectivity index (χ2n) is 6.15. The molecule has 0 spiro atoms. The van der Waals surface area contributed by atoms with E-state index in [4.69, 9.17) is 9.47 Å². The van der Waals surface area contributed by atoms with E-state index in [1.807, 2.05) is 63.4 Å². The van der Waals surface area contributed by atoms with Crippen molar-refractivity contribution >= 4 is 17.2 Å². The van der Waals surface area contributed by atoms with E-state index >= 15 is 0 Å². The summed E-state index contributed by atoms with van der Waals surface area (Å²) in [6, 6.07) is 11.1. The zero-order valence-corrected chi connectivity index (χ0v) is 15.4. The minimum absolute atomic E-state index is 0.0133. The number of nitrogens with one attached hydrogen (secondary N) is 1. The van der Waals surface area contributed by atoms with Gasteiger partial charge in [-0.15, -0.1) is 0 Å². The third-order valence-electron chi connectivity index (χ3n) is 3.95. The first-order valence-electron chi connectivity index (χ1n) is 8.66. The Morgan fingerprint density at radius 2 is 1.92 bits per heavy atom. The van der Waals surface area contributed by atoms with E-state index in [2.05, 4.69) is 10.3 Å². The minimum atomic E-state index is -0.234. The number of fused-ring (bicyclic) bond motifs is 1. The van der Waals surface area contributed by atoms with Crippen molar-refractivity contribution in [3.05, 3.63) is 54.0 Å². The first kappa shape index (κ1) is 17.8. The number of rotatable bonds is 6. The normalized spacial score (nSPS) is 11.0. The average Bonchev–Trinajstić information content (AvgIpc) is 3.01. The highest BCUT2D eigenvalue weighted by molar-refractivity contribution is 6.05. The van der Waals surface area contributed by atoms with Crippen LogP contribution in [0.1, 0.15) is 37.0 Å². The quantitative estimate of drug-likeness (QED) is 0.729. The van der Waals surface area contributed by atoms with Crippen LogP contribution in [0, 0.1) is 0 Å². The lowest BCUT2D eigenvalue weighted by molar-refractivity contribution is 0.101. The molecular weight excluding hydrogens is 330 g/mol. The van der Waals surface area contributed by atoms with E-state index < -0.39 is 0 Å². The topological polar surface area (TPSA) is 64.9 Å². The zero-order valence-electron chi connectivity index (χ0n) is 15.4. The van der Waals surface area contributed by atoms with Crippen LogP contribution >= 0.6 is 0 Å². The molecule has 136 valence electrons. The van der Waals surface area contributed by atoms with Gasteiger partial charge in [0.1, 0.15) is 11.4 Å². The van der Waals surface area contributed by atoms with Crippen molar-refractivity contribution in [2.75, 3.05) is 12.4 Å². The summed E-state index contributed by atoms with van der Waals surface area (Å²) in [5, 5.41) is 2.96. The van der Waals surface area contributed by atoms with Crippen LogP contribution in [0.15, 0.2) is 42.6 Å². The van der Waals surface area contributed by atoms with Gasteiger partial charge in [-0.2, -0.15) is 0 Å². The first-order valence-corrected chi connectivity index (χ1v) is 8.66. The number of pyridine rings is 1. The molecule has 0 aliphatic rings. The summed E-state index contributed by atoms with van der Waals surface area (Å²) in [5.41, 5.74) is 2.48. The Labute approximate surface area is 152 Å². The Bertz CT molecular complexity index is 931. The summed E-state index contributed by atoms with van der Waals surface area (Å²) >= 11 is 0. The van der Waals surface area contributed by atoms with Crippen molar-refractivity contribution in [3.8, 4) is 11.5 Å². The first-order chi connectivity index (χ1) is 12.5. The van der Waals surface area contributed by atoms with E-state index in [0.717, 1.165) is 0 Å². The number of methoxy groups -OCH3 is 1. The second kappa shape index (κ2) is 7.47. The molecule has 0 saturated heterocycles. The van der Waals surface area contributed by atoms with Crippen LogP contribution in [0.5, 0.6) is 11.5 Å². The van der Waals surface area contributed by atoms with E-state index in [0.29, 0.717) is 40.6 Å². The van der Waals surface area contributed by atoms with Crippen LogP contribution in [0.2, 0.25) is 0 Å². The van der Waals surface area contributed by atoms with E-state index in [1.165, 1.54) is 0 Å². The Hall–Kier alpha value is -3.02. The molecule has 0 atom stereocenters. The van der Waals surface area contributed by atoms with Crippen molar-refractivity contribution in [2.45, 2.75) is 33.3 Å². The number of amides is 1. The van der Waals surface area contributed by atoms with Gasteiger partial charge < -0.3 is 14.8 Å². The van der Waals surface area contributed by atoms with Gasteiger partial charge in [-0.1, -0.05) is 19.1 Å². The second-order valence-corrected chi connectivity index (χ2v) is 6.15. The lowest BCUT2D eigenvalue weighted by atomic mass is 10.2. The summed E-state index contributed by atoms with van der Waals surface area (Å²) in [5.74, 6) is 1.03. The molecule has 2 aromatic heterocycles. The molecule has 0 unspecified atom stereocenters. The fourth-order valence-electron chi connectivity index (χ4n) is 2.84. The third-order valence-corrected chi connectivity index (χ3v) is 3.95. The third kappa shape index (κ3) is 3.35. The Balaban J connectivity index is 2.01. The van der Waals surface area contributed by atoms with E-state index in [1.54, 1.807) is 11.5 Å². The molecule has 1 N–H and O–H groups in total. The van der Waals surface area contributed by atoms with Gasteiger partial charge in [-0.3, -0.25) is 9.20 Å². The van der Waals surface area contributed by atoms with E-state index in [9.17, 15) is 4.79 Å². The molecule has 26 heavy (non-hydrogen) atoms. The number of nitrogens with zero attached hydrogens (tertiary/aromatic N) is 2. The Morgan fingerprint density at radius 1 is 1.19 bits per heavy atom. The summed E-state index contributed by atoms with van der Waals surface area (Å²) in [6.45, 7) is 5.87. The zero-order chi connectivity index (χ0) is 18.7. The van der Waals surface area contributed by atoms with Gasteiger partial charge in [-0.25, -0.2) is 4.98 Å². The molecule has 0 fully saturated rings.